The zero-order chi connectivity index (χ0) is 12.6. The van der Waals surface area contributed by atoms with Crippen molar-refractivity contribution in [3.05, 3.63) is 0 Å². The summed E-state index contributed by atoms with van der Waals surface area (Å²) in [6.07, 6.45) is -3.08. The maximum absolute atomic E-state index is 11.3. The number of hydrogen-bond acceptors (Lipinski definition) is 6. The summed E-state index contributed by atoms with van der Waals surface area (Å²) in [5.41, 5.74) is 4.71. The van der Waals surface area contributed by atoms with Crippen LogP contribution in [0.2, 0.25) is 0 Å². The van der Waals surface area contributed by atoms with E-state index in [4.69, 9.17) is 20.3 Å². The van der Waals surface area contributed by atoms with Crippen LogP contribution in [0.3, 0.4) is 0 Å². The van der Waals surface area contributed by atoms with E-state index < -0.39 is 31.0 Å². The second-order valence-corrected chi connectivity index (χ2v) is 2.75. The van der Waals surface area contributed by atoms with Crippen molar-refractivity contribution in [2.75, 3.05) is 27.4 Å². The molecule has 1 atom stereocenters. The molecule has 0 spiro atoms. The maximum Gasteiger partial charge on any atom is 0.405 e. The molecule has 0 aliphatic heterocycles. The van der Waals surface area contributed by atoms with Gasteiger partial charge >= 0.3 is 6.09 Å². The molecule has 0 aliphatic rings. The minimum atomic E-state index is -1.33. The van der Waals surface area contributed by atoms with Gasteiger partial charge in [0.05, 0.1) is 13.2 Å². The summed E-state index contributed by atoms with van der Waals surface area (Å²) in [5, 5.41) is 11.1. The number of aliphatic hydroxyl groups excluding tert-OH is 1. The van der Waals surface area contributed by atoms with Gasteiger partial charge in [-0.1, -0.05) is 0 Å². The standard InChI is InChI=1S/C8H16N2O6/c1-14-6(15-2)3-10-7(12)5(4-11)16-8(9)13/h5-6,11H,3-4H2,1-2H3,(H2,9,13)(H,10,12)/t5-/m1/s1. The van der Waals surface area contributed by atoms with E-state index in [2.05, 4.69) is 10.1 Å². The molecule has 2 amide bonds. The third-order valence-electron chi connectivity index (χ3n) is 1.69. The van der Waals surface area contributed by atoms with E-state index in [-0.39, 0.29) is 6.54 Å². The molecular formula is C8H16N2O6. The Balaban J connectivity index is 4.06. The molecular weight excluding hydrogens is 220 g/mol. The Morgan fingerprint density at radius 3 is 2.31 bits per heavy atom. The lowest BCUT2D eigenvalue weighted by molar-refractivity contribution is -0.136. The summed E-state index contributed by atoms with van der Waals surface area (Å²) < 4.78 is 14.0. The summed E-state index contributed by atoms with van der Waals surface area (Å²) in [4.78, 5) is 21.7. The number of carbonyl (C=O) groups is 2. The van der Waals surface area contributed by atoms with Crippen molar-refractivity contribution >= 4 is 12.0 Å². The van der Waals surface area contributed by atoms with Crippen LogP contribution >= 0.6 is 0 Å². The molecule has 0 aromatic carbocycles. The minimum absolute atomic E-state index is 0.0600. The second-order valence-electron chi connectivity index (χ2n) is 2.75. The van der Waals surface area contributed by atoms with Crippen LogP contribution in [0.4, 0.5) is 4.79 Å². The Morgan fingerprint density at radius 1 is 1.38 bits per heavy atom. The average Bonchev–Trinajstić information content (AvgIpc) is 2.26. The molecule has 0 saturated carbocycles. The Kier molecular flexibility index (Phi) is 7.18. The van der Waals surface area contributed by atoms with Crippen molar-refractivity contribution < 1.29 is 28.9 Å². The molecule has 0 rings (SSSR count). The molecule has 0 bridgehead atoms. The molecule has 0 saturated heterocycles. The van der Waals surface area contributed by atoms with Gasteiger partial charge in [-0.3, -0.25) is 4.79 Å². The van der Waals surface area contributed by atoms with E-state index in [1.54, 1.807) is 0 Å². The molecule has 8 nitrogen and oxygen atoms in total. The van der Waals surface area contributed by atoms with Crippen LogP contribution in [0.5, 0.6) is 0 Å². The Morgan fingerprint density at radius 2 is 1.94 bits per heavy atom. The van der Waals surface area contributed by atoms with Crippen LogP contribution in [-0.2, 0) is 19.0 Å². The molecule has 0 heterocycles. The van der Waals surface area contributed by atoms with Gasteiger partial charge < -0.3 is 30.4 Å². The number of rotatable bonds is 7. The molecule has 16 heavy (non-hydrogen) atoms. The third kappa shape index (κ3) is 5.49. The highest BCUT2D eigenvalue weighted by molar-refractivity contribution is 5.83. The smallest absolute Gasteiger partial charge is 0.405 e. The summed E-state index contributed by atoms with van der Waals surface area (Å²) in [6.45, 7) is -0.593. The number of aliphatic hydroxyl groups is 1. The van der Waals surface area contributed by atoms with Crippen LogP contribution in [0.25, 0.3) is 0 Å². The predicted octanol–water partition coefficient (Wildman–Crippen LogP) is -1.82. The lowest BCUT2D eigenvalue weighted by Crippen LogP contribution is -2.44. The summed E-state index contributed by atoms with van der Waals surface area (Å²) in [6, 6.07) is 0. The molecule has 0 radical (unpaired) electrons. The van der Waals surface area contributed by atoms with E-state index in [0.717, 1.165) is 0 Å². The first-order valence-corrected chi connectivity index (χ1v) is 4.45. The van der Waals surface area contributed by atoms with Crippen LogP contribution < -0.4 is 11.1 Å². The molecule has 0 fully saturated rings. The van der Waals surface area contributed by atoms with Crippen molar-refractivity contribution in [3.63, 3.8) is 0 Å². The number of amides is 2. The number of hydrogen-bond donors (Lipinski definition) is 3. The summed E-state index contributed by atoms with van der Waals surface area (Å²) in [5.74, 6) is -0.680. The van der Waals surface area contributed by atoms with Crippen LogP contribution in [0.1, 0.15) is 0 Å². The Bertz CT molecular complexity index is 231. The number of methoxy groups -OCH3 is 2. The van der Waals surface area contributed by atoms with Gasteiger partial charge in [-0.2, -0.15) is 0 Å². The average molecular weight is 236 g/mol. The zero-order valence-electron chi connectivity index (χ0n) is 9.13. The largest absolute Gasteiger partial charge is 0.434 e. The molecule has 0 aliphatic carbocycles. The predicted molar refractivity (Wildman–Crippen MR) is 52.4 cm³/mol. The van der Waals surface area contributed by atoms with Crippen molar-refractivity contribution in [2.24, 2.45) is 5.73 Å². The van der Waals surface area contributed by atoms with Gasteiger partial charge in [0.25, 0.3) is 5.91 Å². The van der Waals surface area contributed by atoms with Crippen molar-refractivity contribution in [1.29, 1.82) is 0 Å². The van der Waals surface area contributed by atoms with E-state index >= 15 is 0 Å². The molecule has 94 valence electrons. The monoisotopic (exact) mass is 236 g/mol. The normalized spacial score (nSPS) is 12.2. The van der Waals surface area contributed by atoms with Gasteiger partial charge in [0.2, 0.25) is 6.10 Å². The maximum atomic E-state index is 11.3. The topological polar surface area (TPSA) is 120 Å². The van der Waals surface area contributed by atoms with Gasteiger partial charge in [0.15, 0.2) is 6.29 Å². The van der Waals surface area contributed by atoms with Crippen molar-refractivity contribution in [1.82, 2.24) is 5.32 Å². The number of ether oxygens (including phenoxy) is 3. The first-order valence-electron chi connectivity index (χ1n) is 4.45. The van der Waals surface area contributed by atoms with E-state index in [0.29, 0.717) is 0 Å². The van der Waals surface area contributed by atoms with Gasteiger partial charge in [-0.25, -0.2) is 4.79 Å². The fourth-order valence-electron chi connectivity index (χ4n) is 0.875. The first-order chi connectivity index (χ1) is 7.54. The highest BCUT2D eigenvalue weighted by Gasteiger charge is 2.21. The third-order valence-corrected chi connectivity index (χ3v) is 1.69. The van der Waals surface area contributed by atoms with Crippen LogP contribution in [-0.4, -0.2) is 56.9 Å². The van der Waals surface area contributed by atoms with Crippen molar-refractivity contribution in [2.45, 2.75) is 12.4 Å². The lowest BCUT2D eigenvalue weighted by Gasteiger charge is -2.17. The molecule has 4 N–H and O–H groups in total. The zero-order valence-corrected chi connectivity index (χ0v) is 9.13. The number of carbonyl (C=O) groups excluding carboxylic acids is 2. The van der Waals surface area contributed by atoms with Gasteiger partial charge in [0, 0.05) is 14.2 Å². The van der Waals surface area contributed by atoms with Gasteiger partial charge in [0.1, 0.15) is 0 Å². The van der Waals surface area contributed by atoms with Crippen LogP contribution in [0, 0.1) is 0 Å². The molecule has 8 heteroatoms. The number of primary amides is 1. The van der Waals surface area contributed by atoms with Crippen molar-refractivity contribution in [3.8, 4) is 0 Å². The Labute approximate surface area is 92.6 Å². The molecule has 0 unspecified atom stereocenters. The van der Waals surface area contributed by atoms with E-state index in [9.17, 15) is 9.59 Å². The second kappa shape index (κ2) is 7.85. The number of nitrogens with one attached hydrogen (secondary N) is 1. The molecule has 0 aromatic heterocycles. The minimum Gasteiger partial charge on any atom is -0.434 e. The quantitative estimate of drug-likeness (QED) is 0.447. The molecule has 0 aromatic rings. The number of nitrogens with two attached hydrogens (primary N) is 1. The van der Waals surface area contributed by atoms with E-state index in [1.165, 1.54) is 14.2 Å². The summed E-state index contributed by atoms with van der Waals surface area (Å²) in [7, 11) is 2.81. The van der Waals surface area contributed by atoms with Crippen LogP contribution in [0.15, 0.2) is 0 Å². The highest BCUT2D eigenvalue weighted by Crippen LogP contribution is 1.93. The van der Waals surface area contributed by atoms with Gasteiger partial charge in [-0.05, 0) is 0 Å². The highest BCUT2D eigenvalue weighted by atomic mass is 16.7. The Hall–Kier alpha value is -1.38. The van der Waals surface area contributed by atoms with Gasteiger partial charge in [-0.15, -0.1) is 0 Å². The fourth-order valence-corrected chi connectivity index (χ4v) is 0.875. The lowest BCUT2D eigenvalue weighted by atomic mass is 10.3. The summed E-state index contributed by atoms with van der Waals surface area (Å²) >= 11 is 0. The SMILES string of the molecule is COC(CNC(=O)[C@@H](CO)OC(N)=O)OC. The first kappa shape index (κ1) is 14.6. The van der Waals surface area contributed by atoms with E-state index in [1.807, 2.05) is 0 Å². The fraction of sp³-hybridized carbons (Fsp3) is 0.750.